The van der Waals surface area contributed by atoms with Crippen LogP contribution in [0.5, 0.6) is 0 Å². The van der Waals surface area contributed by atoms with E-state index < -0.39 is 5.82 Å². The highest BCUT2D eigenvalue weighted by Gasteiger charge is 2.15. The monoisotopic (exact) mass is 326 g/mol. The molecule has 21 heavy (non-hydrogen) atoms. The molecule has 0 fully saturated rings. The van der Waals surface area contributed by atoms with Gasteiger partial charge in [0.2, 0.25) is 0 Å². The number of benzene rings is 2. The van der Waals surface area contributed by atoms with Crippen LogP contribution in [0.25, 0.3) is 0 Å². The third kappa shape index (κ3) is 3.65. The minimum atomic E-state index is -0.485. The van der Waals surface area contributed by atoms with Crippen LogP contribution in [0.1, 0.15) is 28.9 Å². The molecule has 0 radical (unpaired) electrons. The van der Waals surface area contributed by atoms with Crippen LogP contribution in [-0.2, 0) is 0 Å². The number of hydrogen-bond donors (Lipinski definition) is 2. The van der Waals surface area contributed by atoms with Gasteiger partial charge >= 0.3 is 0 Å². The second-order valence-electron chi connectivity index (χ2n) is 4.60. The molecule has 1 atom stereocenters. The molecule has 0 saturated heterocycles. The number of nitrogens with one attached hydrogen (secondary N) is 1. The number of hydrogen-bond acceptors (Lipinski definition) is 2. The normalized spacial score (nSPS) is 12.0. The van der Waals surface area contributed by atoms with Gasteiger partial charge in [-0.3, -0.25) is 4.79 Å². The average Bonchev–Trinajstić information content (AvgIpc) is 2.41. The minimum absolute atomic E-state index is 0.0915. The Labute approximate surface area is 131 Å². The molecule has 0 aliphatic heterocycles. The third-order valence-electron chi connectivity index (χ3n) is 3.05. The fourth-order valence-electron chi connectivity index (χ4n) is 1.88. The third-order valence-corrected chi connectivity index (χ3v) is 3.79. The molecule has 2 aromatic carbocycles. The summed E-state index contributed by atoms with van der Waals surface area (Å²) in [6.07, 6.45) is 0. The highest BCUT2D eigenvalue weighted by atomic mass is 35.5. The van der Waals surface area contributed by atoms with Crippen LogP contribution >= 0.6 is 23.2 Å². The Morgan fingerprint density at radius 1 is 1.19 bits per heavy atom. The van der Waals surface area contributed by atoms with Crippen LogP contribution in [0, 0.1) is 5.82 Å². The highest BCUT2D eigenvalue weighted by Crippen LogP contribution is 2.26. The number of amides is 1. The van der Waals surface area contributed by atoms with Crippen molar-refractivity contribution in [3.05, 3.63) is 63.4 Å². The standard InChI is InChI=1S/C15H13Cl2FN2O/c1-8(9-2-5-12(16)13(17)6-9)20-15(21)11-4-3-10(18)7-14(11)19/h2-8H,19H2,1H3,(H,20,21). The van der Waals surface area contributed by atoms with Crippen molar-refractivity contribution in [3.8, 4) is 0 Å². The van der Waals surface area contributed by atoms with Crippen LogP contribution in [0.15, 0.2) is 36.4 Å². The van der Waals surface area contributed by atoms with Crippen LogP contribution in [0.2, 0.25) is 10.0 Å². The van der Waals surface area contributed by atoms with E-state index >= 15 is 0 Å². The topological polar surface area (TPSA) is 55.1 Å². The largest absolute Gasteiger partial charge is 0.398 e. The van der Waals surface area contributed by atoms with E-state index in [2.05, 4.69) is 5.32 Å². The molecule has 110 valence electrons. The molecule has 0 spiro atoms. The second kappa shape index (κ2) is 6.33. The zero-order valence-electron chi connectivity index (χ0n) is 11.2. The van der Waals surface area contributed by atoms with Crippen molar-refractivity contribution in [1.82, 2.24) is 5.32 Å². The zero-order chi connectivity index (χ0) is 15.6. The smallest absolute Gasteiger partial charge is 0.253 e. The van der Waals surface area contributed by atoms with Gasteiger partial charge in [-0.05, 0) is 42.8 Å². The maximum atomic E-state index is 13.0. The summed E-state index contributed by atoms with van der Waals surface area (Å²) in [4.78, 5) is 12.1. The zero-order valence-corrected chi connectivity index (χ0v) is 12.7. The molecular formula is C15H13Cl2FN2O. The van der Waals surface area contributed by atoms with E-state index in [0.29, 0.717) is 10.0 Å². The van der Waals surface area contributed by atoms with Gasteiger partial charge in [0.25, 0.3) is 5.91 Å². The molecule has 2 rings (SSSR count). The Hall–Kier alpha value is -1.78. The van der Waals surface area contributed by atoms with Gasteiger partial charge in [0.05, 0.1) is 21.7 Å². The quantitative estimate of drug-likeness (QED) is 0.830. The van der Waals surface area contributed by atoms with Gasteiger partial charge in [0.1, 0.15) is 5.82 Å². The van der Waals surface area contributed by atoms with Gasteiger partial charge < -0.3 is 11.1 Å². The van der Waals surface area contributed by atoms with E-state index in [4.69, 9.17) is 28.9 Å². The van der Waals surface area contributed by atoms with Crippen molar-refractivity contribution in [2.45, 2.75) is 13.0 Å². The predicted octanol–water partition coefficient (Wildman–Crippen LogP) is 4.21. The van der Waals surface area contributed by atoms with E-state index in [9.17, 15) is 9.18 Å². The fourth-order valence-corrected chi connectivity index (χ4v) is 2.19. The summed E-state index contributed by atoms with van der Waals surface area (Å²) in [6.45, 7) is 1.80. The van der Waals surface area contributed by atoms with E-state index in [1.54, 1.807) is 25.1 Å². The molecular weight excluding hydrogens is 314 g/mol. The predicted molar refractivity (Wildman–Crippen MR) is 83.2 cm³/mol. The van der Waals surface area contributed by atoms with Crippen LogP contribution in [0.4, 0.5) is 10.1 Å². The van der Waals surface area contributed by atoms with Crippen molar-refractivity contribution >= 4 is 34.8 Å². The Morgan fingerprint density at radius 3 is 2.52 bits per heavy atom. The molecule has 1 amide bonds. The highest BCUT2D eigenvalue weighted by molar-refractivity contribution is 6.42. The number of halogens is 3. The lowest BCUT2D eigenvalue weighted by atomic mass is 10.1. The Morgan fingerprint density at radius 2 is 1.90 bits per heavy atom. The lowest BCUT2D eigenvalue weighted by Gasteiger charge is -2.16. The van der Waals surface area contributed by atoms with Gasteiger partial charge in [0, 0.05) is 5.69 Å². The van der Waals surface area contributed by atoms with Crippen molar-refractivity contribution in [2.75, 3.05) is 5.73 Å². The van der Waals surface area contributed by atoms with Crippen LogP contribution in [-0.4, -0.2) is 5.91 Å². The van der Waals surface area contributed by atoms with Crippen molar-refractivity contribution < 1.29 is 9.18 Å². The van der Waals surface area contributed by atoms with Gasteiger partial charge in [-0.25, -0.2) is 4.39 Å². The van der Waals surface area contributed by atoms with E-state index in [0.717, 1.165) is 11.6 Å². The molecule has 0 aliphatic carbocycles. The summed E-state index contributed by atoms with van der Waals surface area (Å²) in [6, 6.07) is 8.47. The Bertz CT molecular complexity index is 691. The first-order valence-corrected chi connectivity index (χ1v) is 6.95. The molecule has 3 nitrogen and oxygen atoms in total. The first kappa shape index (κ1) is 15.6. The molecule has 6 heteroatoms. The van der Waals surface area contributed by atoms with E-state index in [1.807, 2.05) is 0 Å². The maximum Gasteiger partial charge on any atom is 0.253 e. The van der Waals surface area contributed by atoms with Gasteiger partial charge in [-0.15, -0.1) is 0 Å². The van der Waals surface area contributed by atoms with Gasteiger partial charge in [-0.2, -0.15) is 0 Å². The van der Waals surface area contributed by atoms with Crippen LogP contribution < -0.4 is 11.1 Å². The van der Waals surface area contributed by atoms with E-state index in [1.165, 1.54) is 12.1 Å². The average molecular weight is 327 g/mol. The number of nitrogens with two attached hydrogens (primary N) is 1. The first-order valence-electron chi connectivity index (χ1n) is 6.19. The number of carbonyl (C=O) groups excluding carboxylic acids is 1. The maximum absolute atomic E-state index is 13.0. The molecule has 0 saturated carbocycles. The van der Waals surface area contributed by atoms with Crippen molar-refractivity contribution in [3.63, 3.8) is 0 Å². The molecule has 1 unspecified atom stereocenters. The molecule has 0 aromatic heterocycles. The summed E-state index contributed by atoms with van der Waals surface area (Å²) in [5.74, 6) is -0.868. The number of anilines is 1. The lowest BCUT2D eigenvalue weighted by Crippen LogP contribution is -2.27. The molecule has 2 aromatic rings. The van der Waals surface area contributed by atoms with Crippen molar-refractivity contribution in [1.29, 1.82) is 0 Å². The number of rotatable bonds is 3. The second-order valence-corrected chi connectivity index (χ2v) is 5.41. The van der Waals surface area contributed by atoms with Gasteiger partial charge in [-0.1, -0.05) is 29.3 Å². The van der Waals surface area contributed by atoms with Gasteiger partial charge in [0.15, 0.2) is 0 Å². The summed E-state index contributed by atoms with van der Waals surface area (Å²) >= 11 is 11.8. The Balaban J connectivity index is 2.16. The first-order chi connectivity index (χ1) is 9.88. The number of nitrogen functional groups attached to an aromatic ring is 1. The molecule has 0 aliphatic rings. The van der Waals surface area contributed by atoms with Crippen molar-refractivity contribution in [2.24, 2.45) is 0 Å². The van der Waals surface area contributed by atoms with Crippen LogP contribution in [0.3, 0.4) is 0 Å². The lowest BCUT2D eigenvalue weighted by molar-refractivity contribution is 0.0941. The minimum Gasteiger partial charge on any atom is -0.398 e. The Kier molecular flexibility index (Phi) is 4.70. The molecule has 0 bridgehead atoms. The fraction of sp³-hybridized carbons (Fsp3) is 0.133. The summed E-state index contributed by atoms with van der Waals surface area (Å²) in [7, 11) is 0. The van der Waals surface area contributed by atoms with E-state index in [-0.39, 0.29) is 23.2 Å². The summed E-state index contributed by atoms with van der Waals surface area (Å²) in [5, 5.41) is 3.64. The SMILES string of the molecule is CC(NC(=O)c1ccc(F)cc1N)c1ccc(Cl)c(Cl)c1. The summed E-state index contributed by atoms with van der Waals surface area (Å²) in [5.41, 5.74) is 6.76. The number of carbonyl (C=O) groups is 1. The summed E-state index contributed by atoms with van der Waals surface area (Å²) < 4.78 is 13.0. The molecule has 0 heterocycles. The molecule has 3 N–H and O–H groups in total.